The molecule has 1 heterocycles. The molecule has 1 saturated heterocycles. The van der Waals surface area contributed by atoms with Gasteiger partial charge in [0, 0.05) is 25.3 Å². The molecule has 1 aromatic rings. The van der Waals surface area contributed by atoms with Crippen molar-refractivity contribution in [3.8, 4) is 0 Å². The van der Waals surface area contributed by atoms with E-state index in [9.17, 15) is 18.0 Å². The van der Waals surface area contributed by atoms with E-state index in [1.54, 1.807) is 16.8 Å². The normalized spacial score (nSPS) is 26.3. The molecule has 2 fully saturated rings. The summed E-state index contributed by atoms with van der Waals surface area (Å²) in [4.78, 5) is 28.8. The Hall–Kier alpha value is -1.89. The molecule has 3 unspecified atom stereocenters. The molecule has 7 heteroatoms. The summed E-state index contributed by atoms with van der Waals surface area (Å²) >= 11 is 0. The maximum absolute atomic E-state index is 12.9. The van der Waals surface area contributed by atoms with Crippen LogP contribution >= 0.6 is 0 Å². The number of sulfone groups is 1. The summed E-state index contributed by atoms with van der Waals surface area (Å²) in [5.74, 6) is -0.586. The maximum atomic E-state index is 12.9. The lowest BCUT2D eigenvalue weighted by Crippen LogP contribution is -2.40. The number of amides is 2. The number of hydrogen-bond acceptors (Lipinski definition) is 4. The third-order valence-corrected chi connectivity index (χ3v) is 7.17. The number of carbonyl (C=O) groups is 2. The fraction of sp³-hybridized carbons (Fsp3) is 0.579. The fourth-order valence-corrected chi connectivity index (χ4v) is 5.50. The number of anilines is 1. The van der Waals surface area contributed by atoms with Gasteiger partial charge in [-0.3, -0.25) is 9.59 Å². The zero-order valence-corrected chi connectivity index (χ0v) is 16.3. The van der Waals surface area contributed by atoms with Crippen molar-refractivity contribution < 1.29 is 18.0 Å². The summed E-state index contributed by atoms with van der Waals surface area (Å²) in [7, 11) is -1.38. The molecule has 26 heavy (non-hydrogen) atoms. The molecule has 142 valence electrons. The summed E-state index contributed by atoms with van der Waals surface area (Å²) < 4.78 is 23.3. The first-order valence-electron chi connectivity index (χ1n) is 9.08. The number of benzene rings is 1. The minimum absolute atomic E-state index is 0.0242. The Morgan fingerprint density at radius 2 is 1.88 bits per heavy atom. The van der Waals surface area contributed by atoms with Gasteiger partial charge in [0.25, 0.3) is 0 Å². The molecule has 0 radical (unpaired) electrons. The van der Waals surface area contributed by atoms with Crippen LogP contribution in [-0.4, -0.2) is 56.3 Å². The molecule has 1 aromatic carbocycles. The Labute approximate surface area is 155 Å². The smallest absolute Gasteiger partial charge is 0.230 e. The minimum Gasteiger partial charge on any atom is -0.341 e. The first-order chi connectivity index (χ1) is 12.2. The van der Waals surface area contributed by atoms with E-state index in [1.807, 2.05) is 38.1 Å². The fourth-order valence-electron chi connectivity index (χ4n) is 3.72. The lowest BCUT2D eigenvalue weighted by Gasteiger charge is -2.24. The van der Waals surface area contributed by atoms with Gasteiger partial charge in [-0.2, -0.15) is 0 Å². The van der Waals surface area contributed by atoms with E-state index in [4.69, 9.17) is 0 Å². The molecule has 0 bridgehead atoms. The molecular formula is C19H26N2O4S. The average molecular weight is 378 g/mol. The van der Waals surface area contributed by atoms with Crippen LogP contribution in [0.15, 0.2) is 24.3 Å². The zero-order chi connectivity index (χ0) is 19.1. The van der Waals surface area contributed by atoms with Crippen molar-refractivity contribution in [1.82, 2.24) is 4.90 Å². The highest BCUT2D eigenvalue weighted by atomic mass is 32.2. The maximum Gasteiger partial charge on any atom is 0.230 e. The van der Waals surface area contributed by atoms with Crippen molar-refractivity contribution in [2.75, 3.05) is 30.0 Å². The second-order valence-electron chi connectivity index (χ2n) is 7.38. The second-order valence-corrected chi connectivity index (χ2v) is 9.60. The molecule has 1 aliphatic carbocycles. The van der Waals surface area contributed by atoms with Crippen molar-refractivity contribution in [2.24, 2.45) is 11.8 Å². The number of hydrogen-bond donors (Lipinski definition) is 0. The Morgan fingerprint density at radius 3 is 2.46 bits per heavy atom. The van der Waals surface area contributed by atoms with E-state index in [0.29, 0.717) is 19.4 Å². The summed E-state index contributed by atoms with van der Waals surface area (Å²) in [6, 6.07) is 7.52. The SMILES string of the molecule is CCN(C(=O)C1CC1C(=O)N(C)C1CCS(=O)(=O)C1)c1cccc(C)c1. The van der Waals surface area contributed by atoms with Crippen LogP contribution in [0.5, 0.6) is 0 Å². The predicted octanol–water partition coefficient (Wildman–Crippen LogP) is 1.63. The van der Waals surface area contributed by atoms with Gasteiger partial charge in [0.15, 0.2) is 9.84 Å². The predicted molar refractivity (Wildman–Crippen MR) is 101 cm³/mol. The lowest BCUT2D eigenvalue weighted by molar-refractivity contribution is -0.134. The van der Waals surface area contributed by atoms with Crippen LogP contribution in [0.3, 0.4) is 0 Å². The highest BCUT2D eigenvalue weighted by Crippen LogP contribution is 2.42. The van der Waals surface area contributed by atoms with E-state index in [-0.39, 0.29) is 41.2 Å². The highest BCUT2D eigenvalue weighted by Gasteiger charge is 2.51. The van der Waals surface area contributed by atoms with Gasteiger partial charge in [0.05, 0.1) is 23.3 Å². The summed E-state index contributed by atoms with van der Waals surface area (Å²) in [5.41, 5.74) is 1.94. The molecule has 1 saturated carbocycles. The standard InChI is InChI=1S/C19H26N2O4S/c1-4-21(14-7-5-6-13(2)10-14)19(23)17-11-16(17)18(22)20(3)15-8-9-26(24,25)12-15/h5-7,10,15-17H,4,8-9,11-12H2,1-3H3. The first kappa shape index (κ1) is 18.9. The van der Waals surface area contributed by atoms with Crippen LogP contribution in [0.4, 0.5) is 5.69 Å². The Kier molecular flexibility index (Phi) is 5.10. The van der Waals surface area contributed by atoms with Crippen molar-refractivity contribution in [2.45, 2.75) is 32.7 Å². The van der Waals surface area contributed by atoms with Gasteiger partial charge in [0.2, 0.25) is 11.8 Å². The molecule has 0 spiro atoms. The summed E-state index contributed by atoms with van der Waals surface area (Å²) in [6.07, 6.45) is 1.03. The zero-order valence-electron chi connectivity index (χ0n) is 15.5. The van der Waals surface area contributed by atoms with E-state index >= 15 is 0 Å². The molecule has 3 rings (SSSR count). The van der Waals surface area contributed by atoms with Gasteiger partial charge in [0.1, 0.15) is 0 Å². The van der Waals surface area contributed by atoms with Crippen LogP contribution in [0.1, 0.15) is 25.3 Å². The third-order valence-electron chi connectivity index (χ3n) is 5.42. The molecule has 3 atom stereocenters. The van der Waals surface area contributed by atoms with Crippen molar-refractivity contribution in [1.29, 1.82) is 0 Å². The minimum atomic E-state index is -3.04. The highest BCUT2D eigenvalue weighted by molar-refractivity contribution is 7.91. The van der Waals surface area contributed by atoms with Crippen LogP contribution in [0.25, 0.3) is 0 Å². The van der Waals surface area contributed by atoms with Crippen LogP contribution in [0.2, 0.25) is 0 Å². The molecule has 6 nitrogen and oxygen atoms in total. The second kappa shape index (κ2) is 7.02. The Bertz CT molecular complexity index is 821. The monoisotopic (exact) mass is 378 g/mol. The van der Waals surface area contributed by atoms with E-state index in [1.165, 1.54) is 0 Å². The number of aryl methyl sites for hydroxylation is 1. The Balaban J connectivity index is 1.65. The lowest BCUT2D eigenvalue weighted by atomic mass is 10.1. The molecule has 1 aliphatic heterocycles. The molecule has 2 amide bonds. The number of nitrogens with zero attached hydrogens (tertiary/aromatic N) is 2. The topological polar surface area (TPSA) is 74.8 Å². The van der Waals surface area contributed by atoms with Gasteiger partial charge >= 0.3 is 0 Å². The number of carbonyl (C=O) groups excluding carboxylic acids is 2. The number of rotatable bonds is 5. The van der Waals surface area contributed by atoms with Gasteiger partial charge in [-0.1, -0.05) is 12.1 Å². The van der Waals surface area contributed by atoms with Crippen molar-refractivity contribution in [3.05, 3.63) is 29.8 Å². The van der Waals surface area contributed by atoms with Gasteiger partial charge in [-0.15, -0.1) is 0 Å². The van der Waals surface area contributed by atoms with E-state index in [2.05, 4.69) is 0 Å². The summed E-state index contributed by atoms with van der Waals surface area (Å²) in [6.45, 7) is 4.46. The molecular weight excluding hydrogens is 352 g/mol. The van der Waals surface area contributed by atoms with Crippen LogP contribution in [0, 0.1) is 18.8 Å². The van der Waals surface area contributed by atoms with E-state index < -0.39 is 9.84 Å². The van der Waals surface area contributed by atoms with Gasteiger partial charge in [-0.05, 0) is 44.4 Å². The van der Waals surface area contributed by atoms with Gasteiger partial charge in [-0.25, -0.2) is 8.42 Å². The van der Waals surface area contributed by atoms with Crippen molar-refractivity contribution in [3.63, 3.8) is 0 Å². The molecule has 0 aromatic heterocycles. The molecule has 0 N–H and O–H groups in total. The van der Waals surface area contributed by atoms with Gasteiger partial charge < -0.3 is 9.80 Å². The van der Waals surface area contributed by atoms with Crippen molar-refractivity contribution >= 4 is 27.3 Å². The Morgan fingerprint density at radius 1 is 1.19 bits per heavy atom. The first-order valence-corrected chi connectivity index (χ1v) is 10.9. The quantitative estimate of drug-likeness (QED) is 0.780. The summed E-state index contributed by atoms with van der Waals surface area (Å²) in [5, 5.41) is 0. The molecule has 2 aliphatic rings. The third kappa shape index (κ3) is 3.77. The van der Waals surface area contributed by atoms with E-state index in [0.717, 1.165) is 11.3 Å². The van der Waals surface area contributed by atoms with Crippen LogP contribution < -0.4 is 4.90 Å². The van der Waals surface area contributed by atoms with Crippen LogP contribution in [-0.2, 0) is 19.4 Å². The average Bonchev–Trinajstić information content (AvgIpc) is 3.31. The largest absolute Gasteiger partial charge is 0.341 e.